The second kappa shape index (κ2) is 6.56. The molecule has 0 bridgehead atoms. The smallest absolute Gasteiger partial charge is 0.246 e. The van der Waals surface area contributed by atoms with Crippen molar-refractivity contribution < 1.29 is 14.0 Å². The van der Waals surface area contributed by atoms with Crippen LogP contribution in [0, 0.1) is 5.82 Å². The van der Waals surface area contributed by atoms with Crippen molar-refractivity contribution in [2.24, 2.45) is 0 Å². The van der Waals surface area contributed by atoms with Crippen LogP contribution < -0.4 is 5.32 Å². The molecule has 2 atom stereocenters. The van der Waals surface area contributed by atoms with Crippen molar-refractivity contribution in [2.75, 3.05) is 0 Å². The zero-order valence-electron chi connectivity index (χ0n) is 12.0. The van der Waals surface area contributed by atoms with E-state index < -0.39 is 12.1 Å². The maximum Gasteiger partial charge on any atom is 0.246 e. The van der Waals surface area contributed by atoms with Gasteiger partial charge in [-0.25, -0.2) is 4.39 Å². The zero-order chi connectivity index (χ0) is 15.6. The molecule has 0 spiro atoms. The molecule has 1 aliphatic heterocycles. The summed E-state index contributed by atoms with van der Waals surface area (Å²) >= 11 is 3.19. The van der Waals surface area contributed by atoms with Gasteiger partial charge in [-0.3, -0.25) is 9.59 Å². The number of hydrogen-bond donors (Lipinski definition) is 1. The lowest BCUT2D eigenvalue weighted by molar-refractivity contribution is -0.149. The van der Waals surface area contributed by atoms with Crippen molar-refractivity contribution >= 4 is 27.7 Å². The zero-order valence-corrected chi connectivity index (χ0v) is 13.6. The van der Waals surface area contributed by atoms with Gasteiger partial charge in [-0.1, -0.05) is 25.5 Å². The van der Waals surface area contributed by atoms with E-state index in [-0.39, 0.29) is 24.2 Å². The van der Waals surface area contributed by atoms with Crippen molar-refractivity contribution in [2.45, 2.75) is 45.3 Å². The van der Waals surface area contributed by atoms with E-state index in [1.807, 2.05) is 6.92 Å². The van der Waals surface area contributed by atoms with E-state index >= 15 is 0 Å². The number of carbonyl (C=O) groups excluding carboxylic acids is 2. The molecule has 0 aliphatic carbocycles. The van der Waals surface area contributed by atoms with Crippen LogP contribution in [-0.2, 0) is 16.1 Å². The molecule has 1 N–H and O–H groups in total. The van der Waals surface area contributed by atoms with Crippen molar-refractivity contribution in [1.82, 2.24) is 10.2 Å². The normalized spacial score (nSPS) is 22.4. The first-order chi connectivity index (χ1) is 9.95. The first-order valence-electron chi connectivity index (χ1n) is 6.99. The lowest BCUT2D eigenvalue weighted by atomic mass is 10.0. The Labute approximate surface area is 131 Å². The van der Waals surface area contributed by atoms with Gasteiger partial charge >= 0.3 is 0 Å². The molecule has 1 fully saturated rings. The monoisotopic (exact) mass is 356 g/mol. The molecule has 2 amide bonds. The number of hydrogen-bond acceptors (Lipinski definition) is 2. The quantitative estimate of drug-likeness (QED) is 0.901. The minimum atomic E-state index is -0.555. The topological polar surface area (TPSA) is 49.4 Å². The Balaban J connectivity index is 2.25. The average Bonchev–Trinajstić information content (AvgIpc) is 2.45. The average molecular weight is 357 g/mol. The minimum Gasteiger partial charge on any atom is -0.343 e. The Hall–Kier alpha value is -1.43. The Morgan fingerprint density at radius 1 is 1.38 bits per heavy atom. The van der Waals surface area contributed by atoms with Gasteiger partial charge in [-0.15, -0.1) is 0 Å². The SMILES string of the molecule is CCCC1NC(=O)C(C)N(Cc2cccc(F)c2Br)C1=O. The summed E-state index contributed by atoms with van der Waals surface area (Å²) in [6, 6.07) is 3.65. The molecule has 0 aromatic heterocycles. The van der Waals surface area contributed by atoms with Crippen LogP contribution in [0.2, 0.25) is 0 Å². The third-order valence-corrected chi connectivity index (χ3v) is 4.58. The molecule has 4 nitrogen and oxygen atoms in total. The number of nitrogens with zero attached hydrogens (tertiary/aromatic N) is 1. The molecule has 2 unspecified atom stereocenters. The van der Waals surface area contributed by atoms with Crippen LogP contribution in [0.15, 0.2) is 22.7 Å². The second-order valence-electron chi connectivity index (χ2n) is 5.20. The number of carbonyl (C=O) groups is 2. The molecule has 1 saturated heterocycles. The summed E-state index contributed by atoms with van der Waals surface area (Å²) in [5.41, 5.74) is 0.653. The summed E-state index contributed by atoms with van der Waals surface area (Å²) in [6.45, 7) is 3.86. The van der Waals surface area contributed by atoms with E-state index in [4.69, 9.17) is 0 Å². The molecule has 1 heterocycles. The number of nitrogens with one attached hydrogen (secondary N) is 1. The molecule has 6 heteroatoms. The Bertz CT molecular complexity index is 565. The third-order valence-electron chi connectivity index (χ3n) is 3.69. The first kappa shape index (κ1) is 15.9. The number of amides is 2. The number of rotatable bonds is 4. The van der Waals surface area contributed by atoms with Gasteiger partial charge in [0.05, 0.1) is 4.47 Å². The maximum atomic E-state index is 13.6. The summed E-state index contributed by atoms with van der Waals surface area (Å²) in [7, 11) is 0. The van der Waals surface area contributed by atoms with E-state index in [1.165, 1.54) is 11.0 Å². The fourth-order valence-corrected chi connectivity index (χ4v) is 2.83. The Morgan fingerprint density at radius 2 is 2.10 bits per heavy atom. The Kier molecular flexibility index (Phi) is 4.98. The minimum absolute atomic E-state index is 0.111. The highest BCUT2D eigenvalue weighted by Gasteiger charge is 2.37. The lowest BCUT2D eigenvalue weighted by Gasteiger charge is -2.37. The van der Waals surface area contributed by atoms with Crippen molar-refractivity contribution in [3.8, 4) is 0 Å². The van der Waals surface area contributed by atoms with Gasteiger partial charge in [0.1, 0.15) is 17.9 Å². The van der Waals surface area contributed by atoms with E-state index in [2.05, 4.69) is 21.2 Å². The summed E-state index contributed by atoms with van der Waals surface area (Å²) in [5.74, 6) is -0.653. The van der Waals surface area contributed by atoms with E-state index in [1.54, 1.807) is 19.1 Å². The molecule has 0 radical (unpaired) electrons. The van der Waals surface area contributed by atoms with Gasteiger partial charge in [0.2, 0.25) is 11.8 Å². The van der Waals surface area contributed by atoms with E-state index in [9.17, 15) is 14.0 Å². The summed E-state index contributed by atoms with van der Waals surface area (Å²) in [4.78, 5) is 26.0. The van der Waals surface area contributed by atoms with Crippen molar-refractivity contribution in [3.63, 3.8) is 0 Å². The van der Waals surface area contributed by atoms with Crippen LogP contribution in [0.25, 0.3) is 0 Å². The largest absolute Gasteiger partial charge is 0.343 e. The number of piperazine rings is 1. The highest BCUT2D eigenvalue weighted by atomic mass is 79.9. The van der Waals surface area contributed by atoms with Gasteiger partial charge in [-0.05, 0) is 40.9 Å². The van der Waals surface area contributed by atoms with Crippen molar-refractivity contribution in [1.29, 1.82) is 0 Å². The second-order valence-corrected chi connectivity index (χ2v) is 6.00. The van der Waals surface area contributed by atoms with Crippen LogP contribution >= 0.6 is 15.9 Å². The molecule has 1 aliphatic rings. The molecule has 2 rings (SSSR count). The van der Waals surface area contributed by atoms with Crippen LogP contribution in [0.5, 0.6) is 0 Å². The summed E-state index contributed by atoms with van der Waals surface area (Å²) in [6.07, 6.45) is 1.42. The molecule has 1 aromatic carbocycles. The van der Waals surface area contributed by atoms with Gasteiger partial charge in [0.15, 0.2) is 0 Å². The summed E-state index contributed by atoms with van der Waals surface area (Å²) in [5, 5.41) is 2.74. The fourth-order valence-electron chi connectivity index (χ4n) is 2.44. The highest BCUT2D eigenvalue weighted by Crippen LogP contribution is 2.24. The van der Waals surface area contributed by atoms with Gasteiger partial charge < -0.3 is 10.2 Å². The highest BCUT2D eigenvalue weighted by molar-refractivity contribution is 9.10. The molecule has 21 heavy (non-hydrogen) atoms. The standard InChI is InChI=1S/C15H18BrFN2O2/c1-3-5-12-15(21)19(9(2)14(20)18-12)8-10-6-4-7-11(17)13(10)16/h4,6-7,9,12H,3,5,8H2,1-2H3,(H,18,20). The maximum absolute atomic E-state index is 13.6. The lowest BCUT2D eigenvalue weighted by Crippen LogP contribution is -2.61. The predicted octanol–water partition coefficient (Wildman–Crippen LogP) is 2.60. The van der Waals surface area contributed by atoms with E-state index in [0.29, 0.717) is 16.5 Å². The van der Waals surface area contributed by atoms with E-state index in [0.717, 1.165) is 6.42 Å². The number of benzene rings is 1. The molecule has 114 valence electrons. The van der Waals surface area contributed by atoms with Crippen molar-refractivity contribution in [3.05, 3.63) is 34.1 Å². The fraction of sp³-hybridized carbons (Fsp3) is 0.467. The van der Waals surface area contributed by atoms with Gasteiger partial charge in [0, 0.05) is 6.54 Å². The molecular formula is C15H18BrFN2O2. The van der Waals surface area contributed by atoms with Crippen LogP contribution in [0.1, 0.15) is 32.3 Å². The van der Waals surface area contributed by atoms with Gasteiger partial charge in [0.25, 0.3) is 0 Å². The number of halogens is 2. The molecule has 1 aromatic rings. The molecular weight excluding hydrogens is 339 g/mol. The van der Waals surface area contributed by atoms with Gasteiger partial charge in [-0.2, -0.15) is 0 Å². The Morgan fingerprint density at radius 3 is 2.76 bits per heavy atom. The predicted molar refractivity (Wildman–Crippen MR) is 81.0 cm³/mol. The third kappa shape index (κ3) is 3.26. The van der Waals surface area contributed by atoms with Crippen LogP contribution in [0.3, 0.4) is 0 Å². The summed E-state index contributed by atoms with van der Waals surface area (Å²) < 4.78 is 13.9. The van der Waals surface area contributed by atoms with Crippen LogP contribution in [-0.4, -0.2) is 28.8 Å². The van der Waals surface area contributed by atoms with Crippen LogP contribution in [0.4, 0.5) is 4.39 Å². The molecule has 0 saturated carbocycles. The first-order valence-corrected chi connectivity index (χ1v) is 7.78.